The first-order valence-electron chi connectivity index (χ1n) is 8.41. The zero-order valence-corrected chi connectivity index (χ0v) is 15.2. The summed E-state index contributed by atoms with van der Waals surface area (Å²) in [5.41, 5.74) is 2.93. The monoisotopic (exact) mass is 325 g/mol. The lowest BCUT2D eigenvalue weighted by atomic mass is 9.86. The Kier molecular flexibility index (Phi) is 5.66. The molecule has 0 bridgehead atoms. The molecule has 0 saturated carbocycles. The maximum Gasteiger partial charge on any atom is 0.232 e. The quantitative estimate of drug-likeness (QED) is 0.828. The topological polar surface area (TPSA) is 38.3 Å². The van der Waals surface area contributed by atoms with E-state index in [1.807, 2.05) is 55.5 Å². The molecule has 0 saturated heterocycles. The van der Waals surface area contributed by atoms with Crippen LogP contribution in [0.2, 0.25) is 0 Å². The number of methoxy groups -OCH3 is 1. The molecular weight excluding hydrogens is 298 g/mol. The molecule has 24 heavy (non-hydrogen) atoms. The van der Waals surface area contributed by atoms with E-state index >= 15 is 0 Å². The minimum Gasteiger partial charge on any atom is -0.495 e. The molecule has 1 atom stereocenters. The Labute approximate surface area is 145 Å². The van der Waals surface area contributed by atoms with Gasteiger partial charge in [-0.1, -0.05) is 64.1 Å². The third-order valence-electron chi connectivity index (χ3n) is 4.25. The fraction of sp³-hybridized carbons (Fsp3) is 0.381. The van der Waals surface area contributed by atoms with Crippen molar-refractivity contribution in [3.63, 3.8) is 0 Å². The van der Waals surface area contributed by atoms with Crippen molar-refractivity contribution < 1.29 is 9.53 Å². The molecule has 1 amide bonds. The number of hydrogen-bond donors (Lipinski definition) is 1. The van der Waals surface area contributed by atoms with Crippen LogP contribution in [0.15, 0.2) is 48.5 Å². The molecule has 2 aromatic rings. The van der Waals surface area contributed by atoms with Gasteiger partial charge < -0.3 is 10.1 Å². The van der Waals surface area contributed by atoms with Crippen molar-refractivity contribution in [2.75, 3.05) is 12.4 Å². The number of anilines is 1. The van der Waals surface area contributed by atoms with Gasteiger partial charge in [0.15, 0.2) is 0 Å². The van der Waals surface area contributed by atoms with Gasteiger partial charge >= 0.3 is 0 Å². The average molecular weight is 325 g/mol. The van der Waals surface area contributed by atoms with Crippen LogP contribution in [0.5, 0.6) is 5.75 Å². The lowest BCUT2D eigenvalue weighted by Gasteiger charge is -2.22. The highest BCUT2D eigenvalue weighted by molar-refractivity contribution is 5.97. The zero-order chi connectivity index (χ0) is 17.7. The van der Waals surface area contributed by atoms with Gasteiger partial charge in [0.2, 0.25) is 5.91 Å². The third-order valence-corrected chi connectivity index (χ3v) is 4.25. The molecule has 0 aliphatic rings. The average Bonchev–Trinajstić information content (AvgIpc) is 2.55. The van der Waals surface area contributed by atoms with Crippen molar-refractivity contribution in [3.8, 4) is 5.75 Å². The van der Waals surface area contributed by atoms with Crippen molar-refractivity contribution in [2.45, 2.75) is 45.4 Å². The number of rotatable bonds is 5. The van der Waals surface area contributed by atoms with E-state index in [-0.39, 0.29) is 17.2 Å². The highest BCUT2D eigenvalue weighted by Crippen LogP contribution is 2.32. The summed E-state index contributed by atoms with van der Waals surface area (Å²) in [5, 5.41) is 3.06. The van der Waals surface area contributed by atoms with Crippen molar-refractivity contribution in [3.05, 3.63) is 59.7 Å². The smallest absolute Gasteiger partial charge is 0.232 e. The Bertz CT molecular complexity index is 687. The highest BCUT2D eigenvalue weighted by atomic mass is 16.5. The van der Waals surface area contributed by atoms with Crippen LogP contribution < -0.4 is 10.1 Å². The number of amides is 1. The van der Waals surface area contributed by atoms with Crippen molar-refractivity contribution in [1.29, 1.82) is 0 Å². The maximum atomic E-state index is 12.8. The van der Waals surface area contributed by atoms with E-state index in [1.54, 1.807) is 7.11 Å². The van der Waals surface area contributed by atoms with Crippen molar-refractivity contribution >= 4 is 11.6 Å². The second-order valence-electron chi connectivity index (χ2n) is 7.03. The van der Waals surface area contributed by atoms with Gasteiger partial charge in [-0.3, -0.25) is 4.79 Å². The number of nitrogens with one attached hydrogen (secondary N) is 1. The summed E-state index contributed by atoms with van der Waals surface area (Å²) in [6.45, 7) is 8.48. The summed E-state index contributed by atoms with van der Waals surface area (Å²) < 4.78 is 5.42. The number of benzene rings is 2. The van der Waals surface area contributed by atoms with E-state index in [4.69, 9.17) is 4.74 Å². The molecule has 128 valence electrons. The van der Waals surface area contributed by atoms with E-state index < -0.39 is 0 Å². The molecule has 0 aliphatic carbocycles. The molecule has 3 heteroatoms. The first-order chi connectivity index (χ1) is 11.4. The predicted molar refractivity (Wildman–Crippen MR) is 99.8 cm³/mol. The zero-order valence-electron chi connectivity index (χ0n) is 15.2. The van der Waals surface area contributed by atoms with E-state index in [0.717, 1.165) is 23.2 Å². The molecule has 0 aliphatic heterocycles. The second kappa shape index (κ2) is 7.52. The third kappa shape index (κ3) is 4.16. The maximum absolute atomic E-state index is 12.8. The fourth-order valence-electron chi connectivity index (χ4n) is 2.75. The Morgan fingerprint density at radius 2 is 1.79 bits per heavy atom. The number of hydrogen-bond acceptors (Lipinski definition) is 2. The summed E-state index contributed by atoms with van der Waals surface area (Å²) in [5.74, 6) is 0.501. The van der Waals surface area contributed by atoms with Gasteiger partial charge in [-0.2, -0.15) is 0 Å². The lowest BCUT2D eigenvalue weighted by molar-refractivity contribution is -0.117. The largest absolute Gasteiger partial charge is 0.495 e. The Balaban J connectivity index is 2.30. The SMILES string of the molecule is CC[C@@H](C(=O)Nc1cc(C(C)(C)C)ccc1OC)c1ccccc1. The molecule has 2 aromatic carbocycles. The van der Waals surface area contributed by atoms with E-state index in [1.165, 1.54) is 0 Å². The van der Waals surface area contributed by atoms with Crippen LogP contribution >= 0.6 is 0 Å². The number of carbonyl (C=O) groups is 1. The van der Waals surface area contributed by atoms with Crippen LogP contribution in [-0.2, 0) is 10.2 Å². The van der Waals surface area contributed by atoms with Gasteiger partial charge in [-0.05, 0) is 35.1 Å². The second-order valence-corrected chi connectivity index (χ2v) is 7.03. The minimum atomic E-state index is -0.172. The van der Waals surface area contributed by atoms with Gasteiger partial charge in [0.05, 0.1) is 18.7 Å². The first-order valence-corrected chi connectivity index (χ1v) is 8.41. The van der Waals surface area contributed by atoms with E-state index in [0.29, 0.717) is 5.75 Å². The predicted octanol–water partition coefficient (Wildman–Crippen LogP) is 5.13. The molecule has 1 N–H and O–H groups in total. The van der Waals surface area contributed by atoms with Crippen molar-refractivity contribution in [1.82, 2.24) is 0 Å². The van der Waals surface area contributed by atoms with E-state index in [9.17, 15) is 4.79 Å². The molecule has 0 aromatic heterocycles. The van der Waals surface area contributed by atoms with Gasteiger partial charge in [0.1, 0.15) is 5.75 Å². The molecule has 0 spiro atoms. The van der Waals surface area contributed by atoms with Crippen LogP contribution in [0, 0.1) is 0 Å². The standard InChI is InChI=1S/C21H27NO2/c1-6-17(15-10-8-7-9-11-15)20(23)22-18-14-16(21(2,3)4)12-13-19(18)24-5/h7-14,17H,6H2,1-5H3,(H,22,23)/t17-/m1/s1. The summed E-state index contributed by atoms with van der Waals surface area (Å²) in [4.78, 5) is 12.8. The van der Waals surface area contributed by atoms with Crippen LogP contribution in [0.3, 0.4) is 0 Å². The summed E-state index contributed by atoms with van der Waals surface area (Å²) in [6.07, 6.45) is 0.747. The van der Waals surface area contributed by atoms with Gasteiger partial charge in [-0.15, -0.1) is 0 Å². The molecule has 3 nitrogen and oxygen atoms in total. The normalized spacial score (nSPS) is 12.5. The van der Waals surface area contributed by atoms with Gasteiger partial charge in [0, 0.05) is 0 Å². The highest BCUT2D eigenvalue weighted by Gasteiger charge is 2.21. The number of ether oxygens (including phenoxy) is 1. The van der Waals surface area contributed by atoms with Crippen LogP contribution in [-0.4, -0.2) is 13.0 Å². The Hall–Kier alpha value is -2.29. The summed E-state index contributed by atoms with van der Waals surface area (Å²) in [7, 11) is 1.62. The van der Waals surface area contributed by atoms with Crippen LogP contribution in [0.4, 0.5) is 5.69 Å². The van der Waals surface area contributed by atoms with Crippen LogP contribution in [0.1, 0.15) is 51.2 Å². The molecular formula is C21H27NO2. The lowest BCUT2D eigenvalue weighted by Crippen LogP contribution is -2.21. The molecule has 0 radical (unpaired) electrons. The minimum absolute atomic E-state index is 0.00643. The van der Waals surface area contributed by atoms with Crippen LogP contribution in [0.25, 0.3) is 0 Å². The summed E-state index contributed by atoms with van der Waals surface area (Å²) in [6, 6.07) is 15.9. The Morgan fingerprint density at radius 3 is 2.33 bits per heavy atom. The van der Waals surface area contributed by atoms with Gasteiger partial charge in [-0.25, -0.2) is 0 Å². The summed E-state index contributed by atoms with van der Waals surface area (Å²) >= 11 is 0. The molecule has 0 unspecified atom stereocenters. The Morgan fingerprint density at radius 1 is 1.12 bits per heavy atom. The number of carbonyl (C=O) groups excluding carboxylic acids is 1. The van der Waals surface area contributed by atoms with E-state index in [2.05, 4.69) is 26.1 Å². The van der Waals surface area contributed by atoms with Crippen molar-refractivity contribution in [2.24, 2.45) is 0 Å². The first kappa shape index (κ1) is 18.1. The molecule has 0 fully saturated rings. The molecule has 0 heterocycles. The van der Waals surface area contributed by atoms with Gasteiger partial charge in [0.25, 0.3) is 0 Å². The fourth-order valence-corrected chi connectivity index (χ4v) is 2.75. The molecule has 2 rings (SSSR count).